The monoisotopic (exact) mass is 310 g/mol. The fourth-order valence-corrected chi connectivity index (χ4v) is 2.58. The van der Waals surface area contributed by atoms with Crippen LogP contribution in [0.5, 0.6) is 17.2 Å². The Morgan fingerprint density at radius 2 is 1.70 bits per heavy atom. The van der Waals surface area contributed by atoms with E-state index in [2.05, 4.69) is 0 Å². The first-order valence-electron chi connectivity index (χ1n) is 7.61. The van der Waals surface area contributed by atoms with Crippen molar-refractivity contribution in [1.29, 1.82) is 0 Å². The molecule has 0 aliphatic carbocycles. The minimum atomic E-state index is -0.308. The van der Waals surface area contributed by atoms with E-state index in [1.807, 2.05) is 19.9 Å². The van der Waals surface area contributed by atoms with E-state index < -0.39 is 0 Å². The molecule has 0 radical (unpaired) electrons. The highest BCUT2D eigenvalue weighted by Gasteiger charge is 2.19. The fourth-order valence-electron chi connectivity index (χ4n) is 2.58. The Labute approximate surface area is 133 Å². The highest BCUT2D eigenvalue weighted by Crippen LogP contribution is 2.43. The molecule has 0 saturated carbocycles. The number of phenolic OH excluding ortho intramolecular Hbond substituents is 2. The van der Waals surface area contributed by atoms with Crippen molar-refractivity contribution in [2.75, 3.05) is 0 Å². The average molecular weight is 310 g/mol. The largest absolute Gasteiger partial charge is 0.508 e. The second-order valence-electron chi connectivity index (χ2n) is 5.68. The number of rotatable bonds is 3. The maximum absolute atomic E-state index is 12.2. The summed E-state index contributed by atoms with van der Waals surface area (Å²) in [5, 5.41) is 22.5. The summed E-state index contributed by atoms with van der Waals surface area (Å²) < 4.78 is 5.66. The standard InChI is InChI=1S/C19H18O4/c1-3-11(2)19(22)23-18-14-7-5-4-6-13(14)17(21)16-10-12(20)8-9-15(16)18/h4-11,20-21H,3H2,1-2H3. The minimum Gasteiger partial charge on any atom is -0.508 e. The van der Waals surface area contributed by atoms with Gasteiger partial charge in [0.2, 0.25) is 0 Å². The van der Waals surface area contributed by atoms with Crippen molar-refractivity contribution in [2.45, 2.75) is 20.3 Å². The van der Waals surface area contributed by atoms with Crippen molar-refractivity contribution in [3.05, 3.63) is 42.5 Å². The van der Waals surface area contributed by atoms with E-state index in [0.717, 1.165) is 0 Å². The van der Waals surface area contributed by atoms with E-state index >= 15 is 0 Å². The highest BCUT2D eigenvalue weighted by molar-refractivity contribution is 6.12. The number of fused-ring (bicyclic) bond motifs is 2. The van der Waals surface area contributed by atoms with Gasteiger partial charge >= 0.3 is 5.97 Å². The number of benzene rings is 3. The summed E-state index contributed by atoms with van der Waals surface area (Å²) in [4.78, 5) is 12.2. The van der Waals surface area contributed by atoms with Crippen molar-refractivity contribution >= 4 is 27.5 Å². The molecule has 3 aromatic carbocycles. The Kier molecular flexibility index (Phi) is 3.82. The molecule has 1 unspecified atom stereocenters. The van der Waals surface area contributed by atoms with E-state index in [0.29, 0.717) is 33.7 Å². The van der Waals surface area contributed by atoms with Crippen LogP contribution in [0.2, 0.25) is 0 Å². The van der Waals surface area contributed by atoms with Crippen molar-refractivity contribution in [1.82, 2.24) is 0 Å². The zero-order valence-corrected chi connectivity index (χ0v) is 13.0. The first-order chi connectivity index (χ1) is 11.0. The first kappa shape index (κ1) is 15.2. The number of esters is 1. The van der Waals surface area contributed by atoms with Gasteiger partial charge in [-0.15, -0.1) is 0 Å². The zero-order valence-electron chi connectivity index (χ0n) is 13.0. The Balaban J connectivity index is 2.32. The summed E-state index contributed by atoms with van der Waals surface area (Å²) in [6.07, 6.45) is 0.688. The van der Waals surface area contributed by atoms with Crippen LogP contribution in [0.1, 0.15) is 20.3 Å². The highest BCUT2D eigenvalue weighted by atomic mass is 16.5. The van der Waals surface area contributed by atoms with Gasteiger partial charge in [0.05, 0.1) is 5.92 Å². The molecule has 4 nitrogen and oxygen atoms in total. The Bertz CT molecular complexity index is 899. The number of carbonyl (C=O) groups excluding carboxylic acids is 1. The van der Waals surface area contributed by atoms with Crippen molar-refractivity contribution in [3.8, 4) is 17.2 Å². The third kappa shape index (κ3) is 2.57. The molecule has 0 fully saturated rings. The molecular formula is C19H18O4. The molecular weight excluding hydrogens is 292 g/mol. The fraction of sp³-hybridized carbons (Fsp3) is 0.211. The molecule has 0 spiro atoms. The summed E-state index contributed by atoms with van der Waals surface area (Å²) >= 11 is 0. The third-order valence-corrected chi connectivity index (χ3v) is 4.15. The van der Waals surface area contributed by atoms with E-state index in [4.69, 9.17) is 4.74 Å². The maximum Gasteiger partial charge on any atom is 0.314 e. The van der Waals surface area contributed by atoms with Crippen LogP contribution in [0.4, 0.5) is 0 Å². The smallest absolute Gasteiger partial charge is 0.314 e. The van der Waals surface area contributed by atoms with Gasteiger partial charge in [-0.05, 0) is 24.6 Å². The Morgan fingerprint density at radius 3 is 2.39 bits per heavy atom. The number of hydrogen-bond donors (Lipinski definition) is 2. The van der Waals surface area contributed by atoms with Crippen LogP contribution in [-0.4, -0.2) is 16.2 Å². The molecule has 0 aliphatic heterocycles. The number of phenols is 2. The number of ether oxygens (including phenoxy) is 1. The molecule has 0 bridgehead atoms. The van der Waals surface area contributed by atoms with Gasteiger partial charge in [-0.25, -0.2) is 0 Å². The summed E-state index contributed by atoms with van der Waals surface area (Å²) in [5.41, 5.74) is 0. The molecule has 0 amide bonds. The predicted molar refractivity (Wildman–Crippen MR) is 89.9 cm³/mol. The summed E-state index contributed by atoms with van der Waals surface area (Å²) in [6, 6.07) is 11.8. The van der Waals surface area contributed by atoms with Gasteiger partial charge < -0.3 is 14.9 Å². The van der Waals surface area contributed by atoms with Gasteiger partial charge in [0.1, 0.15) is 17.2 Å². The molecule has 3 aromatic rings. The predicted octanol–water partition coefficient (Wildman–Crippen LogP) is 4.36. The van der Waals surface area contributed by atoms with Crippen LogP contribution in [0.25, 0.3) is 21.5 Å². The van der Waals surface area contributed by atoms with Crippen molar-refractivity contribution < 1.29 is 19.7 Å². The molecule has 1 atom stereocenters. The molecule has 4 heteroatoms. The van der Waals surface area contributed by atoms with Crippen LogP contribution in [0.15, 0.2) is 42.5 Å². The lowest BCUT2D eigenvalue weighted by Crippen LogP contribution is -2.17. The number of hydrogen-bond acceptors (Lipinski definition) is 4. The SMILES string of the molecule is CCC(C)C(=O)Oc1c2ccccc2c(O)c2cc(O)ccc12. The van der Waals surface area contributed by atoms with Gasteiger partial charge in [0.25, 0.3) is 0 Å². The molecule has 118 valence electrons. The quantitative estimate of drug-likeness (QED) is 0.428. The van der Waals surface area contributed by atoms with Crippen LogP contribution < -0.4 is 4.74 Å². The normalized spacial score (nSPS) is 12.4. The number of carbonyl (C=O) groups is 1. The lowest BCUT2D eigenvalue weighted by molar-refractivity contribution is -0.138. The second-order valence-corrected chi connectivity index (χ2v) is 5.68. The van der Waals surface area contributed by atoms with Gasteiger partial charge in [-0.1, -0.05) is 38.1 Å². The van der Waals surface area contributed by atoms with Gasteiger partial charge in [-0.3, -0.25) is 4.79 Å². The number of aromatic hydroxyl groups is 2. The van der Waals surface area contributed by atoms with E-state index in [1.54, 1.807) is 24.3 Å². The van der Waals surface area contributed by atoms with E-state index in [-0.39, 0.29) is 23.4 Å². The third-order valence-electron chi connectivity index (χ3n) is 4.15. The van der Waals surface area contributed by atoms with Gasteiger partial charge in [0.15, 0.2) is 0 Å². The first-order valence-corrected chi connectivity index (χ1v) is 7.61. The Hall–Kier alpha value is -2.75. The van der Waals surface area contributed by atoms with Crippen molar-refractivity contribution in [3.63, 3.8) is 0 Å². The van der Waals surface area contributed by atoms with Crippen molar-refractivity contribution in [2.24, 2.45) is 5.92 Å². The molecule has 0 aliphatic rings. The topological polar surface area (TPSA) is 66.8 Å². The maximum atomic E-state index is 12.2. The average Bonchev–Trinajstić information content (AvgIpc) is 2.57. The summed E-state index contributed by atoms with van der Waals surface area (Å²) in [5.74, 6) is 0.00303. The molecule has 23 heavy (non-hydrogen) atoms. The molecule has 2 N–H and O–H groups in total. The minimum absolute atomic E-state index is 0.0438. The van der Waals surface area contributed by atoms with Crippen LogP contribution in [0, 0.1) is 5.92 Å². The van der Waals surface area contributed by atoms with E-state index in [9.17, 15) is 15.0 Å². The summed E-state index contributed by atoms with van der Waals surface area (Å²) in [6.45, 7) is 3.75. The second kappa shape index (κ2) is 5.80. The molecule has 0 saturated heterocycles. The molecule has 3 rings (SSSR count). The van der Waals surface area contributed by atoms with Crippen LogP contribution in [-0.2, 0) is 4.79 Å². The molecule has 0 heterocycles. The van der Waals surface area contributed by atoms with Gasteiger partial charge in [-0.2, -0.15) is 0 Å². The van der Waals surface area contributed by atoms with Gasteiger partial charge in [0, 0.05) is 21.5 Å². The van der Waals surface area contributed by atoms with Crippen LogP contribution >= 0.6 is 0 Å². The van der Waals surface area contributed by atoms with E-state index in [1.165, 1.54) is 12.1 Å². The lowest BCUT2D eigenvalue weighted by Gasteiger charge is -2.15. The lowest BCUT2D eigenvalue weighted by atomic mass is 10.00. The summed E-state index contributed by atoms with van der Waals surface area (Å²) in [7, 11) is 0. The Morgan fingerprint density at radius 1 is 1.04 bits per heavy atom. The van der Waals surface area contributed by atoms with Crippen LogP contribution in [0.3, 0.4) is 0 Å². The zero-order chi connectivity index (χ0) is 16.6. The molecule has 0 aromatic heterocycles.